The van der Waals surface area contributed by atoms with E-state index in [-0.39, 0.29) is 10.8 Å². The lowest BCUT2D eigenvalue weighted by Crippen LogP contribution is -2.40. The molecule has 7 nitrogen and oxygen atoms in total. The van der Waals surface area contributed by atoms with Crippen LogP contribution in [0.15, 0.2) is 40.3 Å². The fraction of sp³-hybridized carbons (Fsp3) is 0.444. The lowest BCUT2D eigenvalue weighted by Gasteiger charge is -2.29. The maximum absolute atomic E-state index is 12.4. The fourth-order valence-electron chi connectivity index (χ4n) is 3.13. The first-order chi connectivity index (χ1) is 12.1. The van der Waals surface area contributed by atoms with Gasteiger partial charge in [0.25, 0.3) is 0 Å². The van der Waals surface area contributed by atoms with Crippen LogP contribution in [0.2, 0.25) is 0 Å². The molecule has 1 aliphatic carbocycles. The summed E-state index contributed by atoms with van der Waals surface area (Å²) in [5, 5.41) is 17.2. The number of sulfonamides is 1. The second kappa shape index (κ2) is 8.01. The summed E-state index contributed by atoms with van der Waals surface area (Å²) in [6.45, 7) is 4.18. The molecule has 0 heterocycles. The zero-order valence-electron chi connectivity index (χ0n) is 14.9. The van der Waals surface area contributed by atoms with Crippen LogP contribution in [-0.2, 0) is 26.0 Å². The first-order valence-corrected chi connectivity index (χ1v) is 9.91. The Labute approximate surface area is 153 Å². The van der Waals surface area contributed by atoms with Gasteiger partial charge in [0.2, 0.25) is 15.9 Å². The number of carbonyl (C=O) groups is 2. The zero-order chi connectivity index (χ0) is 19.5. The molecule has 8 heteroatoms. The number of rotatable bonds is 6. The van der Waals surface area contributed by atoms with Crippen molar-refractivity contribution in [3.63, 3.8) is 0 Å². The van der Waals surface area contributed by atoms with Crippen molar-refractivity contribution in [3.8, 4) is 0 Å². The van der Waals surface area contributed by atoms with E-state index in [4.69, 9.17) is 5.14 Å². The second-order valence-corrected chi connectivity index (χ2v) is 8.31. The Balaban J connectivity index is 1.94. The number of primary sulfonamides is 1. The van der Waals surface area contributed by atoms with Gasteiger partial charge in [-0.2, -0.15) is 0 Å². The number of allylic oxidation sites excluding steroid dienone is 2. The Hall–Kier alpha value is -2.19. The molecule has 26 heavy (non-hydrogen) atoms. The highest BCUT2D eigenvalue weighted by Gasteiger charge is 2.36. The van der Waals surface area contributed by atoms with Gasteiger partial charge >= 0.3 is 5.97 Å². The summed E-state index contributed by atoms with van der Waals surface area (Å²) in [5.41, 5.74) is 2.96. The van der Waals surface area contributed by atoms with Crippen molar-refractivity contribution in [1.82, 2.24) is 5.32 Å². The molecule has 0 aromatic heterocycles. The average Bonchev–Trinajstić information content (AvgIpc) is 2.56. The molecule has 1 aliphatic rings. The van der Waals surface area contributed by atoms with E-state index in [0.29, 0.717) is 25.8 Å². The van der Waals surface area contributed by atoms with Crippen LogP contribution in [0, 0.1) is 11.8 Å². The van der Waals surface area contributed by atoms with Gasteiger partial charge in [-0.3, -0.25) is 9.59 Å². The van der Waals surface area contributed by atoms with Gasteiger partial charge in [0.1, 0.15) is 0 Å². The molecule has 0 fully saturated rings. The van der Waals surface area contributed by atoms with Crippen LogP contribution in [0.3, 0.4) is 0 Å². The number of carboxylic acids is 1. The minimum atomic E-state index is -3.72. The number of nitrogens with one attached hydrogen (secondary N) is 1. The number of nitrogens with two attached hydrogens (primary N) is 1. The van der Waals surface area contributed by atoms with Crippen molar-refractivity contribution in [2.75, 3.05) is 6.54 Å². The summed E-state index contributed by atoms with van der Waals surface area (Å²) in [6.07, 6.45) is 1.36. The van der Waals surface area contributed by atoms with E-state index in [0.717, 1.165) is 16.7 Å². The molecular weight excluding hydrogens is 356 g/mol. The summed E-state index contributed by atoms with van der Waals surface area (Å²) >= 11 is 0. The van der Waals surface area contributed by atoms with Gasteiger partial charge in [0.05, 0.1) is 16.7 Å². The van der Waals surface area contributed by atoms with Crippen molar-refractivity contribution >= 4 is 21.9 Å². The van der Waals surface area contributed by atoms with Gasteiger partial charge in [-0.1, -0.05) is 23.3 Å². The topological polar surface area (TPSA) is 127 Å². The lowest BCUT2D eigenvalue weighted by atomic mass is 9.76. The van der Waals surface area contributed by atoms with Crippen molar-refractivity contribution in [3.05, 3.63) is 41.0 Å². The number of benzene rings is 1. The predicted molar refractivity (Wildman–Crippen MR) is 96.8 cm³/mol. The maximum atomic E-state index is 12.4. The third kappa shape index (κ3) is 4.92. The van der Waals surface area contributed by atoms with Crippen molar-refractivity contribution < 1.29 is 23.1 Å². The Kier molecular flexibility index (Phi) is 6.20. The summed E-state index contributed by atoms with van der Waals surface area (Å²) in [5.74, 6) is -2.48. The van der Waals surface area contributed by atoms with Crippen LogP contribution in [0.1, 0.15) is 32.3 Å². The summed E-state index contributed by atoms with van der Waals surface area (Å²) in [4.78, 5) is 24.0. The van der Waals surface area contributed by atoms with E-state index < -0.39 is 27.8 Å². The molecule has 0 spiro atoms. The molecule has 0 aliphatic heterocycles. The summed E-state index contributed by atoms with van der Waals surface area (Å²) < 4.78 is 22.5. The maximum Gasteiger partial charge on any atom is 0.307 e. The van der Waals surface area contributed by atoms with Gasteiger partial charge in [-0.25, -0.2) is 13.6 Å². The van der Waals surface area contributed by atoms with E-state index >= 15 is 0 Å². The number of carbonyl (C=O) groups excluding carboxylic acids is 1. The lowest BCUT2D eigenvalue weighted by molar-refractivity contribution is -0.147. The van der Waals surface area contributed by atoms with Gasteiger partial charge in [-0.05, 0) is 50.8 Å². The minimum absolute atomic E-state index is 0.0365. The van der Waals surface area contributed by atoms with Gasteiger partial charge in [0, 0.05) is 6.54 Å². The molecule has 2 rings (SSSR count). The molecule has 1 aromatic rings. The number of amides is 1. The van der Waals surface area contributed by atoms with E-state index in [9.17, 15) is 23.1 Å². The highest BCUT2D eigenvalue weighted by Crippen LogP contribution is 2.34. The fourth-order valence-corrected chi connectivity index (χ4v) is 3.65. The predicted octanol–water partition coefficient (Wildman–Crippen LogP) is 1.44. The smallest absolute Gasteiger partial charge is 0.307 e. The normalized spacial score (nSPS) is 20.7. The van der Waals surface area contributed by atoms with Crippen LogP contribution in [-0.4, -0.2) is 31.9 Å². The largest absolute Gasteiger partial charge is 0.481 e. The average molecular weight is 380 g/mol. The third-order valence-corrected chi connectivity index (χ3v) is 5.81. The Morgan fingerprint density at radius 1 is 1.12 bits per heavy atom. The molecule has 0 bridgehead atoms. The molecule has 4 N–H and O–H groups in total. The second-order valence-electron chi connectivity index (χ2n) is 6.75. The SMILES string of the molecule is CC1=C(C)C[C@@H](C(=O)O)[C@@H](C(=O)NCCc2ccc(S(N)(=O)=O)cc2)C1. The highest BCUT2D eigenvalue weighted by atomic mass is 32.2. The van der Waals surface area contributed by atoms with E-state index in [1.54, 1.807) is 12.1 Å². The van der Waals surface area contributed by atoms with Gasteiger partial charge < -0.3 is 10.4 Å². The minimum Gasteiger partial charge on any atom is -0.481 e. The first kappa shape index (κ1) is 20.1. The molecule has 1 aromatic carbocycles. The van der Waals surface area contributed by atoms with Crippen molar-refractivity contribution in [2.45, 2.75) is 38.0 Å². The standard InChI is InChI=1S/C18H24N2O5S/c1-11-9-15(16(18(22)23)10-12(11)2)17(21)20-8-7-13-3-5-14(6-4-13)26(19,24)25/h3-6,15-16H,7-10H2,1-2H3,(H,20,21)(H,22,23)(H2,19,24,25)/t15-,16+/m0/s1. The zero-order valence-corrected chi connectivity index (χ0v) is 15.7. The first-order valence-electron chi connectivity index (χ1n) is 8.37. The van der Waals surface area contributed by atoms with Crippen molar-refractivity contribution in [2.24, 2.45) is 17.0 Å². The van der Waals surface area contributed by atoms with E-state index in [1.165, 1.54) is 12.1 Å². The molecular formula is C18H24N2O5S. The highest BCUT2D eigenvalue weighted by molar-refractivity contribution is 7.89. The van der Waals surface area contributed by atoms with Crippen LogP contribution < -0.4 is 10.5 Å². The number of hydrogen-bond acceptors (Lipinski definition) is 4. The van der Waals surface area contributed by atoms with Crippen LogP contribution in [0.25, 0.3) is 0 Å². The number of hydrogen-bond donors (Lipinski definition) is 3. The van der Waals surface area contributed by atoms with E-state index in [2.05, 4.69) is 5.32 Å². The Morgan fingerprint density at radius 3 is 2.15 bits per heavy atom. The molecule has 0 radical (unpaired) electrons. The van der Waals surface area contributed by atoms with Crippen LogP contribution in [0.4, 0.5) is 0 Å². The molecule has 0 saturated carbocycles. The molecule has 2 atom stereocenters. The molecule has 142 valence electrons. The summed E-state index contributed by atoms with van der Waals surface area (Å²) in [7, 11) is -3.72. The third-order valence-electron chi connectivity index (χ3n) is 4.89. The monoisotopic (exact) mass is 380 g/mol. The molecule has 1 amide bonds. The van der Waals surface area contributed by atoms with Gasteiger partial charge in [-0.15, -0.1) is 0 Å². The van der Waals surface area contributed by atoms with Crippen molar-refractivity contribution in [1.29, 1.82) is 0 Å². The quantitative estimate of drug-likeness (QED) is 0.644. The summed E-state index contributed by atoms with van der Waals surface area (Å²) in [6, 6.07) is 6.13. The Morgan fingerprint density at radius 2 is 1.65 bits per heavy atom. The molecule has 0 saturated heterocycles. The van der Waals surface area contributed by atoms with Gasteiger partial charge in [0.15, 0.2) is 0 Å². The Bertz CT molecular complexity index is 828. The van der Waals surface area contributed by atoms with E-state index in [1.807, 2.05) is 13.8 Å². The van der Waals surface area contributed by atoms with Crippen LogP contribution in [0.5, 0.6) is 0 Å². The number of carboxylic acid groups (broad SMARTS) is 1. The van der Waals surface area contributed by atoms with Crippen LogP contribution >= 0.6 is 0 Å². The molecule has 0 unspecified atom stereocenters. The number of aliphatic carboxylic acids is 1.